The van der Waals surface area contributed by atoms with Crippen molar-refractivity contribution in [2.24, 2.45) is 5.92 Å². The Labute approximate surface area is 163 Å². The first-order valence-corrected chi connectivity index (χ1v) is 9.14. The molecule has 2 amide bonds. The average molecular weight is 384 g/mol. The summed E-state index contributed by atoms with van der Waals surface area (Å²) in [4.78, 5) is 24.7. The summed E-state index contributed by atoms with van der Waals surface area (Å²) < 4.78 is 5.29. The Kier molecular flexibility index (Phi) is 5.96. The van der Waals surface area contributed by atoms with Crippen molar-refractivity contribution < 1.29 is 24.6 Å². The molecule has 0 bridgehead atoms. The van der Waals surface area contributed by atoms with E-state index in [4.69, 9.17) is 9.94 Å². The Morgan fingerprint density at radius 2 is 1.89 bits per heavy atom. The number of rotatable bonds is 7. The molecule has 7 nitrogen and oxygen atoms in total. The Hall–Kier alpha value is -2.90. The second kappa shape index (κ2) is 8.41. The van der Waals surface area contributed by atoms with Gasteiger partial charge in [-0.3, -0.25) is 14.8 Å². The third kappa shape index (κ3) is 4.16. The fourth-order valence-electron chi connectivity index (χ4n) is 3.71. The van der Waals surface area contributed by atoms with Crippen LogP contribution in [0.15, 0.2) is 48.5 Å². The molecular formula is C21H24N2O5. The van der Waals surface area contributed by atoms with E-state index in [0.717, 1.165) is 11.1 Å². The van der Waals surface area contributed by atoms with E-state index in [1.807, 2.05) is 30.3 Å². The van der Waals surface area contributed by atoms with Crippen molar-refractivity contribution >= 4 is 11.8 Å². The van der Waals surface area contributed by atoms with Gasteiger partial charge in [-0.2, -0.15) is 0 Å². The Morgan fingerprint density at radius 3 is 2.64 bits per heavy atom. The van der Waals surface area contributed by atoms with Gasteiger partial charge in [-0.15, -0.1) is 0 Å². The molecular weight excluding hydrogens is 360 g/mol. The summed E-state index contributed by atoms with van der Waals surface area (Å²) in [6, 6.07) is 14.6. The molecule has 2 aromatic carbocycles. The first kappa shape index (κ1) is 19.9. The van der Waals surface area contributed by atoms with Crippen LogP contribution in [0.5, 0.6) is 5.75 Å². The van der Waals surface area contributed by atoms with E-state index in [0.29, 0.717) is 24.2 Å². The molecule has 3 rings (SSSR count). The summed E-state index contributed by atoms with van der Waals surface area (Å²) in [6.07, 6.45) is 1.06. The van der Waals surface area contributed by atoms with Crippen molar-refractivity contribution in [2.45, 2.75) is 31.4 Å². The van der Waals surface area contributed by atoms with Gasteiger partial charge in [0.15, 0.2) is 5.72 Å². The topological polar surface area (TPSA) is 108 Å². The summed E-state index contributed by atoms with van der Waals surface area (Å²) in [5.41, 5.74) is 2.59. The maximum absolute atomic E-state index is 12.6. The van der Waals surface area contributed by atoms with Gasteiger partial charge in [0.1, 0.15) is 5.75 Å². The first-order chi connectivity index (χ1) is 13.5. The fourth-order valence-corrected chi connectivity index (χ4v) is 3.71. The highest BCUT2D eigenvalue weighted by atomic mass is 16.5. The molecule has 2 aromatic rings. The molecule has 0 aromatic heterocycles. The standard InChI is InChI=1S/C21H24N2O5/c1-28-18-9-5-3-7-15(18)12-16(20(25)23-27)13-19(24)22-21(26)11-10-14-6-2-4-8-17(14)21/h2-9,16,26-27H,10-13H2,1H3,(H,22,24)(H,23,25)/t16?,21-/m0/s1. The van der Waals surface area contributed by atoms with Crippen molar-refractivity contribution in [3.05, 3.63) is 65.2 Å². The zero-order chi connectivity index (χ0) is 20.1. The lowest BCUT2D eigenvalue weighted by Gasteiger charge is -2.26. The number of hydrogen-bond acceptors (Lipinski definition) is 5. The zero-order valence-corrected chi connectivity index (χ0v) is 15.6. The molecule has 0 radical (unpaired) electrons. The van der Waals surface area contributed by atoms with Gasteiger partial charge in [0.2, 0.25) is 11.8 Å². The molecule has 0 aliphatic heterocycles. The number of nitrogens with one attached hydrogen (secondary N) is 2. The van der Waals surface area contributed by atoms with Gasteiger partial charge in [0.25, 0.3) is 0 Å². The first-order valence-electron chi connectivity index (χ1n) is 9.14. The smallest absolute Gasteiger partial charge is 0.247 e. The second-order valence-electron chi connectivity index (χ2n) is 6.96. The van der Waals surface area contributed by atoms with Gasteiger partial charge in [0, 0.05) is 18.4 Å². The highest BCUT2D eigenvalue weighted by Gasteiger charge is 2.38. The highest BCUT2D eigenvalue weighted by molar-refractivity contribution is 5.86. The van der Waals surface area contributed by atoms with Crippen LogP contribution >= 0.6 is 0 Å². The molecule has 1 aliphatic carbocycles. The van der Waals surface area contributed by atoms with Crippen LogP contribution in [0.3, 0.4) is 0 Å². The predicted molar refractivity (Wildman–Crippen MR) is 102 cm³/mol. The number of carbonyl (C=O) groups excluding carboxylic acids is 2. The van der Waals surface area contributed by atoms with E-state index in [1.54, 1.807) is 23.7 Å². The number of aliphatic hydroxyl groups is 1. The van der Waals surface area contributed by atoms with Crippen LogP contribution in [0.4, 0.5) is 0 Å². The van der Waals surface area contributed by atoms with E-state index in [9.17, 15) is 14.7 Å². The van der Waals surface area contributed by atoms with Crippen LogP contribution in [0, 0.1) is 5.92 Å². The summed E-state index contributed by atoms with van der Waals surface area (Å²) in [5, 5.41) is 22.6. The number of ether oxygens (including phenoxy) is 1. The van der Waals surface area contributed by atoms with Gasteiger partial charge in [-0.05, 0) is 30.0 Å². The van der Waals surface area contributed by atoms with Crippen LogP contribution in [0.1, 0.15) is 29.5 Å². The molecule has 0 saturated carbocycles. The van der Waals surface area contributed by atoms with E-state index in [2.05, 4.69) is 5.32 Å². The molecule has 1 aliphatic rings. The number of benzene rings is 2. The molecule has 28 heavy (non-hydrogen) atoms. The van der Waals surface area contributed by atoms with Gasteiger partial charge in [0.05, 0.1) is 13.0 Å². The third-order valence-electron chi connectivity index (χ3n) is 5.14. The quantitative estimate of drug-likeness (QED) is 0.330. The molecule has 1 unspecified atom stereocenters. The number of carbonyl (C=O) groups is 2. The van der Waals surface area contributed by atoms with E-state index >= 15 is 0 Å². The van der Waals surface area contributed by atoms with E-state index in [-0.39, 0.29) is 12.8 Å². The molecule has 0 fully saturated rings. The normalized spacial score (nSPS) is 18.8. The maximum atomic E-state index is 12.6. The number of hydrogen-bond donors (Lipinski definition) is 4. The summed E-state index contributed by atoms with van der Waals surface area (Å²) in [6.45, 7) is 0. The van der Waals surface area contributed by atoms with Crippen molar-refractivity contribution in [3.63, 3.8) is 0 Å². The van der Waals surface area contributed by atoms with E-state index in [1.165, 1.54) is 7.11 Å². The Morgan fingerprint density at radius 1 is 1.18 bits per heavy atom. The van der Waals surface area contributed by atoms with Crippen molar-refractivity contribution in [1.82, 2.24) is 10.8 Å². The lowest BCUT2D eigenvalue weighted by Crippen LogP contribution is -2.45. The molecule has 2 atom stereocenters. The number of hydroxylamine groups is 1. The Bertz CT molecular complexity index is 869. The van der Waals surface area contributed by atoms with Crippen LogP contribution in [-0.2, 0) is 28.2 Å². The zero-order valence-electron chi connectivity index (χ0n) is 15.6. The molecule has 4 N–H and O–H groups in total. The lowest BCUT2D eigenvalue weighted by molar-refractivity contribution is -0.139. The summed E-state index contributed by atoms with van der Waals surface area (Å²) in [7, 11) is 1.53. The minimum Gasteiger partial charge on any atom is -0.496 e. The molecule has 0 saturated heterocycles. The molecule has 0 heterocycles. The minimum atomic E-state index is -1.45. The number of aryl methyl sites for hydroxylation is 1. The van der Waals surface area contributed by atoms with E-state index < -0.39 is 23.5 Å². The van der Waals surface area contributed by atoms with Crippen LogP contribution in [0.2, 0.25) is 0 Å². The predicted octanol–water partition coefficient (Wildman–Crippen LogP) is 1.66. The largest absolute Gasteiger partial charge is 0.496 e. The van der Waals surface area contributed by atoms with Crippen molar-refractivity contribution in [1.29, 1.82) is 0 Å². The summed E-state index contributed by atoms with van der Waals surface area (Å²) in [5.74, 6) is -1.36. The van der Waals surface area contributed by atoms with Crippen LogP contribution < -0.4 is 15.5 Å². The van der Waals surface area contributed by atoms with Crippen LogP contribution in [0.25, 0.3) is 0 Å². The van der Waals surface area contributed by atoms with Gasteiger partial charge in [-0.1, -0.05) is 42.5 Å². The number of methoxy groups -OCH3 is 1. The monoisotopic (exact) mass is 384 g/mol. The second-order valence-corrected chi connectivity index (χ2v) is 6.96. The summed E-state index contributed by atoms with van der Waals surface area (Å²) >= 11 is 0. The number of para-hydroxylation sites is 1. The van der Waals surface area contributed by atoms with Gasteiger partial charge in [-0.25, -0.2) is 5.48 Å². The molecule has 0 spiro atoms. The lowest BCUT2D eigenvalue weighted by atomic mass is 9.94. The highest BCUT2D eigenvalue weighted by Crippen LogP contribution is 2.34. The fraction of sp³-hybridized carbons (Fsp3) is 0.333. The molecule has 7 heteroatoms. The Balaban J connectivity index is 1.73. The average Bonchev–Trinajstić information content (AvgIpc) is 3.04. The van der Waals surface area contributed by atoms with Gasteiger partial charge >= 0.3 is 0 Å². The van der Waals surface area contributed by atoms with Crippen molar-refractivity contribution in [2.75, 3.05) is 7.11 Å². The van der Waals surface area contributed by atoms with Gasteiger partial charge < -0.3 is 15.2 Å². The number of amides is 2. The maximum Gasteiger partial charge on any atom is 0.247 e. The van der Waals surface area contributed by atoms with Crippen LogP contribution in [-0.4, -0.2) is 29.2 Å². The van der Waals surface area contributed by atoms with Crippen molar-refractivity contribution in [3.8, 4) is 5.75 Å². The minimum absolute atomic E-state index is 0.186. The molecule has 148 valence electrons. The SMILES string of the molecule is COc1ccccc1CC(CC(=O)N[C@]1(O)CCc2ccccc21)C(=O)NO. The third-order valence-corrected chi connectivity index (χ3v) is 5.14. The number of fused-ring (bicyclic) bond motifs is 1.